The van der Waals surface area contributed by atoms with Crippen LogP contribution in [0.5, 0.6) is 0 Å². The summed E-state index contributed by atoms with van der Waals surface area (Å²) in [6, 6.07) is 24.0. The minimum Gasteiger partial charge on any atom is -0.447 e. The van der Waals surface area contributed by atoms with E-state index in [0.29, 0.717) is 30.1 Å². The quantitative estimate of drug-likeness (QED) is 0.643. The number of anilines is 2. The van der Waals surface area contributed by atoms with Crippen molar-refractivity contribution in [2.75, 3.05) is 29.9 Å². The first-order valence-corrected chi connectivity index (χ1v) is 9.88. The third-order valence-electron chi connectivity index (χ3n) is 4.87. The molecule has 1 heterocycles. The molecule has 0 bridgehead atoms. The van der Waals surface area contributed by atoms with E-state index in [1.54, 1.807) is 36.4 Å². The van der Waals surface area contributed by atoms with Crippen molar-refractivity contribution in [2.24, 2.45) is 0 Å². The Kier molecular flexibility index (Phi) is 5.93. The predicted molar refractivity (Wildman–Crippen MR) is 118 cm³/mol. The van der Waals surface area contributed by atoms with Gasteiger partial charge in [-0.05, 0) is 41.5 Å². The number of ether oxygens (including phenoxy) is 1. The minimum absolute atomic E-state index is 0.171. The second-order valence-corrected chi connectivity index (χ2v) is 6.99. The zero-order valence-corrected chi connectivity index (χ0v) is 16.7. The summed E-state index contributed by atoms with van der Waals surface area (Å²) in [5.41, 5.74) is 3.73. The Hall–Kier alpha value is -4.13. The molecule has 31 heavy (non-hydrogen) atoms. The largest absolute Gasteiger partial charge is 0.447 e. The summed E-state index contributed by atoms with van der Waals surface area (Å²) in [4.78, 5) is 37.8. The van der Waals surface area contributed by atoms with Crippen molar-refractivity contribution >= 4 is 29.3 Å². The van der Waals surface area contributed by atoms with Crippen molar-refractivity contribution in [3.63, 3.8) is 0 Å². The normalized spacial score (nSPS) is 12.9. The molecular weight excluding hydrogens is 394 g/mol. The molecule has 4 rings (SSSR count). The maximum absolute atomic E-state index is 12.4. The van der Waals surface area contributed by atoms with Crippen LogP contribution in [0.1, 0.15) is 10.4 Å². The summed E-state index contributed by atoms with van der Waals surface area (Å²) in [7, 11) is 0. The highest BCUT2D eigenvalue weighted by Crippen LogP contribution is 2.22. The molecule has 0 unspecified atom stereocenters. The average molecular weight is 415 g/mol. The topological polar surface area (TPSA) is 87.7 Å². The Morgan fingerprint density at radius 3 is 2.35 bits per heavy atom. The molecule has 3 amide bonds. The fraction of sp³-hybridized carbons (Fsp3) is 0.125. The molecule has 7 heteroatoms. The van der Waals surface area contributed by atoms with Gasteiger partial charge in [-0.3, -0.25) is 14.5 Å². The van der Waals surface area contributed by atoms with Crippen LogP contribution in [-0.2, 0) is 9.53 Å². The van der Waals surface area contributed by atoms with E-state index in [-0.39, 0.29) is 18.4 Å². The molecule has 0 atom stereocenters. The molecule has 0 aromatic heterocycles. The van der Waals surface area contributed by atoms with Gasteiger partial charge in [0.25, 0.3) is 5.91 Å². The smallest absolute Gasteiger partial charge is 0.414 e. The van der Waals surface area contributed by atoms with Crippen LogP contribution < -0.4 is 15.5 Å². The van der Waals surface area contributed by atoms with E-state index in [2.05, 4.69) is 10.6 Å². The van der Waals surface area contributed by atoms with E-state index in [1.165, 1.54) is 4.90 Å². The van der Waals surface area contributed by atoms with Gasteiger partial charge in [0, 0.05) is 16.9 Å². The van der Waals surface area contributed by atoms with Crippen LogP contribution in [-0.4, -0.2) is 37.6 Å². The van der Waals surface area contributed by atoms with Gasteiger partial charge in [0.1, 0.15) is 6.61 Å². The number of cyclic esters (lactones) is 1. The predicted octanol–water partition coefficient (Wildman–Crippen LogP) is 3.68. The Bertz CT molecular complexity index is 1100. The van der Waals surface area contributed by atoms with E-state index >= 15 is 0 Å². The molecule has 0 saturated carbocycles. The first kappa shape index (κ1) is 20.2. The van der Waals surface area contributed by atoms with E-state index in [4.69, 9.17) is 4.74 Å². The van der Waals surface area contributed by atoms with Crippen LogP contribution in [0.2, 0.25) is 0 Å². The SMILES string of the molecule is O=C(CNC(=O)c1ccc(-c2ccccc2)cc1)Nc1cccc(N2CCOC2=O)c1. The van der Waals surface area contributed by atoms with E-state index < -0.39 is 6.09 Å². The number of amides is 3. The summed E-state index contributed by atoms with van der Waals surface area (Å²) < 4.78 is 4.93. The van der Waals surface area contributed by atoms with E-state index in [9.17, 15) is 14.4 Å². The van der Waals surface area contributed by atoms with Crippen molar-refractivity contribution in [1.29, 1.82) is 0 Å². The number of hydrogen-bond donors (Lipinski definition) is 2. The highest BCUT2D eigenvalue weighted by molar-refractivity contribution is 6.00. The molecule has 1 aliphatic rings. The van der Waals surface area contributed by atoms with Gasteiger partial charge in [-0.25, -0.2) is 4.79 Å². The van der Waals surface area contributed by atoms with Gasteiger partial charge in [-0.1, -0.05) is 48.5 Å². The fourth-order valence-corrected chi connectivity index (χ4v) is 3.29. The van der Waals surface area contributed by atoms with Crippen molar-refractivity contribution in [1.82, 2.24) is 5.32 Å². The number of rotatable bonds is 6. The Morgan fingerprint density at radius 2 is 1.65 bits per heavy atom. The zero-order chi connectivity index (χ0) is 21.6. The Morgan fingerprint density at radius 1 is 0.903 bits per heavy atom. The van der Waals surface area contributed by atoms with Crippen molar-refractivity contribution in [2.45, 2.75) is 0 Å². The number of nitrogens with one attached hydrogen (secondary N) is 2. The molecule has 156 valence electrons. The summed E-state index contributed by atoms with van der Waals surface area (Å²) in [5, 5.41) is 5.35. The summed E-state index contributed by atoms with van der Waals surface area (Å²) in [5.74, 6) is -0.696. The van der Waals surface area contributed by atoms with E-state index in [0.717, 1.165) is 11.1 Å². The van der Waals surface area contributed by atoms with Crippen LogP contribution in [0.3, 0.4) is 0 Å². The number of nitrogens with zero attached hydrogens (tertiary/aromatic N) is 1. The van der Waals surface area contributed by atoms with Gasteiger partial charge in [0.05, 0.1) is 13.1 Å². The van der Waals surface area contributed by atoms with Gasteiger partial charge in [0.2, 0.25) is 5.91 Å². The first-order chi connectivity index (χ1) is 15.1. The standard InChI is InChI=1S/C24H21N3O4/c28-22(26-20-7-4-8-21(15-20)27-13-14-31-24(27)30)16-25-23(29)19-11-9-18(10-12-19)17-5-2-1-3-6-17/h1-12,15H,13-14,16H2,(H,25,29)(H,26,28). The fourth-order valence-electron chi connectivity index (χ4n) is 3.29. The van der Waals surface area contributed by atoms with Gasteiger partial charge in [0.15, 0.2) is 0 Å². The first-order valence-electron chi connectivity index (χ1n) is 9.88. The number of carbonyl (C=O) groups is 3. The molecule has 1 saturated heterocycles. The highest BCUT2D eigenvalue weighted by atomic mass is 16.6. The minimum atomic E-state index is -0.408. The van der Waals surface area contributed by atoms with Crippen LogP contribution in [0, 0.1) is 0 Å². The molecule has 0 radical (unpaired) electrons. The molecule has 2 N–H and O–H groups in total. The van der Waals surface area contributed by atoms with Crippen LogP contribution in [0.4, 0.5) is 16.2 Å². The maximum Gasteiger partial charge on any atom is 0.414 e. The molecule has 1 fully saturated rings. The van der Waals surface area contributed by atoms with E-state index in [1.807, 2.05) is 42.5 Å². The van der Waals surface area contributed by atoms with Crippen molar-refractivity contribution < 1.29 is 19.1 Å². The van der Waals surface area contributed by atoms with Gasteiger partial charge in [-0.2, -0.15) is 0 Å². The Balaban J connectivity index is 1.32. The van der Waals surface area contributed by atoms with Gasteiger partial charge >= 0.3 is 6.09 Å². The molecule has 7 nitrogen and oxygen atoms in total. The maximum atomic E-state index is 12.4. The number of carbonyl (C=O) groups excluding carboxylic acids is 3. The lowest BCUT2D eigenvalue weighted by atomic mass is 10.0. The average Bonchev–Trinajstić information content (AvgIpc) is 3.24. The van der Waals surface area contributed by atoms with Crippen molar-refractivity contribution in [3.05, 3.63) is 84.4 Å². The molecular formula is C24H21N3O4. The molecule has 1 aliphatic heterocycles. The van der Waals surface area contributed by atoms with Gasteiger partial charge < -0.3 is 15.4 Å². The summed E-state index contributed by atoms with van der Waals surface area (Å²) in [6.07, 6.45) is -0.408. The monoisotopic (exact) mass is 415 g/mol. The van der Waals surface area contributed by atoms with Crippen molar-refractivity contribution in [3.8, 4) is 11.1 Å². The third-order valence-corrected chi connectivity index (χ3v) is 4.87. The van der Waals surface area contributed by atoms with Crippen LogP contribution in [0.25, 0.3) is 11.1 Å². The van der Waals surface area contributed by atoms with Crippen LogP contribution >= 0.6 is 0 Å². The molecule has 3 aromatic rings. The number of benzene rings is 3. The lowest BCUT2D eigenvalue weighted by Gasteiger charge is -2.14. The lowest BCUT2D eigenvalue weighted by Crippen LogP contribution is -2.32. The lowest BCUT2D eigenvalue weighted by molar-refractivity contribution is -0.115. The second kappa shape index (κ2) is 9.13. The number of hydrogen-bond acceptors (Lipinski definition) is 4. The summed E-state index contributed by atoms with van der Waals surface area (Å²) in [6.45, 7) is 0.637. The third kappa shape index (κ3) is 4.90. The molecule has 3 aromatic carbocycles. The molecule has 0 spiro atoms. The zero-order valence-electron chi connectivity index (χ0n) is 16.7. The highest BCUT2D eigenvalue weighted by Gasteiger charge is 2.23. The van der Waals surface area contributed by atoms with Gasteiger partial charge in [-0.15, -0.1) is 0 Å². The van der Waals surface area contributed by atoms with Crippen LogP contribution in [0.15, 0.2) is 78.9 Å². The second-order valence-electron chi connectivity index (χ2n) is 6.99. The summed E-state index contributed by atoms with van der Waals surface area (Å²) >= 11 is 0. The Labute approximate surface area is 179 Å². The molecule has 0 aliphatic carbocycles.